The van der Waals surface area contributed by atoms with E-state index in [9.17, 15) is 4.79 Å². The third kappa shape index (κ3) is 4.50. The average molecular weight is 331 g/mol. The first-order valence-corrected chi connectivity index (χ1v) is 9.35. The Morgan fingerprint density at radius 3 is 2.42 bits per heavy atom. The average Bonchev–Trinajstić information content (AvgIpc) is 2.99. The Morgan fingerprint density at radius 1 is 1.08 bits per heavy atom. The van der Waals surface area contributed by atoms with E-state index in [-0.39, 0.29) is 12.0 Å². The number of carbonyl (C=O) groups is 1. The quantitative estimate of drug-likeness (QED) is 0.764. The number of ether oxygens (including phenoxy) is 2. The molecule has 1 aliphatic heterocycles. The first-order valence-electron chi connectivity index (χ1n) is 9.35. The summed E-state index contributed by atoms with van der Waals surface area (Å²) in [4.78, 5) is 14.6. The summed E-state index contributed by atoms with van der Waals surface area (Å²) in [5, 5.41) is 0. The number of benzene rings is 1. The van der Waals surface area contributed by atoms with Crippen molar-refractivity contribution >= 4 is 5.91 Å². The summed E-state index contributed by atoms with van der Waals surface area (Å²) >= 11 is 0. The monoisotopic (exact) mass is 331 g/mol. The molecule has 1 aromatic carbocycles. The molecule has 0 N–H and O–H groups in total. The molecule has 4 heteroatoms. The van der Waals surface area contributed by atoms with Gasteiger partial charge in [-0.1, -0.05) is 25.7 Å². The molecule has 1 amide bonds. The Bertz CT molecular complexity index is 514. The molecule has 4 nitrogen and oxygen atoms in total. The highest BCUT2D eigenvalue weighted by Gasteiger charge is 2.22. The maximum Gasteiger partial charge on any atom is 0.253 e. The van der Waals surface area contributed by atoms with Crippen LogP contribution in [0.15, 0.2) is 24.3 Å². The van der Waals surface area contributed by atoms with E-state index in [1.54, 1.807) is 0 Å². The van der Waals surface area contributed by atoms with Gasteiger partial charge in [0.05, 0.1) is 6.10 Å². The number of hydrogen-bond acceptors (Lipinski definition) is 3. The maximum atomic E-state index is 12.7. The Labute approximate surface area is 145 Å². The Morgan fingerprint density at radius 2 is 1.79 bits per heavy atom. The van der Waals surface area contributed by atoms with Gasteiger partial charge in [-0.15, -0.1) is 0 Å². The molecule has 0 radical (unpaired) electrons. The van der Waals surface area contributed by atoms with E-state index in [0.29, 0.717) is 12.6 Å². The van der Waals surface area contributed by atoms with Crippen molar-refractivity contribution in [1.82, 2.24) is 4.90 Å². The molecule has 0 spiro atoms. The van der Waals surface area contributed by atoms with Crippen molar-refractivity contribution < 1.29 is 14.3 Å². The molecule has 1 unspecified atom stereocenters. The molecule has 0 bridgehead atoms. The minimum Gasteiger partial charge on any atom is -0.491 e. The van der Waals surface area contributed by atoms with Crippen LogP contribution in [0.3, 0.4) is 0 Å². The highest BCUT2D eigenvalue weighted by molar-refractivity contribution is 5.94. The van der Waals surface area contributed by atoms with Gasteiger partial charge >= 0.3 is 0 Å². The Hall–Kier alpha value is -1.55. The molecule has 1 aliphatic carbocycles. The number of amides is 1. The van der Waals surface area contributed by atoms with Crippen LogP contribution in [0.25, 0.3) is 0 Å². The fraction of sp³-hybridized carbons (Fsp3) is 0.650. The minimum absolute atomic E-state index is 0.118. The maximum absolute atomic E-state index is 12.7. The molecular formula is C20H29NO3. The van der Waals surface area contributed by atoms with E-state index in [0.717, 1.165) is 43.6 Å². The zero-order valence-electron chi connectivity index (χ0n) is 14.7. The van der Waals surface area contributed by atoms with Crippen LogP contribution < -0.4 is 4.74 Å². The summed E-state index contributed by atoms with van der Waals surface area (Å²) in [6.45, 7) is 1.43. The first-order chi connectivity index (χ1) is 11.7. The van der Waals surface area contributed by atoms with Gasteiger partial charge in [-0.2, -0.15) is 0 Å². The molecule has 24 heavy (non-hydrogen) atoms. The standard InChI is InChI=1S/C20H29NO3/c1-21(17-7-4-2-3-5-8-17)20(22)16-10-12-18(13-11-16)24-15-19-9-6-14-23-19/h10-13,17,19H,2-9,14-15H2,1H3. The van der Waals surface area contributed by atoms with Crippen LogP contribution >= 0.6 is 0 Å². The lowest BCUT2D eigenvalue weighted by atomic mass is 10.1. The summed E-state index contributed by atoms with van der Waals surface area (Å²) in [7, 11) is 1.94. The minimum atomic E-state index is 0.118. The number of nitrogens with zero attached hydrogens (tertiary/aromatic N) is 1. The van der Waals surface area contributed by atoms with Gasteiger partial charge in [-0.05, 0) is 49.9 Å². The van der Waals surface area contributed by atoms with Gasteiger partial charge in [-0.25, -0.2) is 0 Å². The van der Waals surface area contributed by atoms with Gasteiger partial charge in [0, 0.05) is 25.3 Å². The van der Waals surface area contributed by atoms with Crippen molar-refractivity contribution in [3.05, 3.63) is 29.8 Å². The van der Waals surface area contributed by atoms with Crippen molar-refractivity contribution in [1.29, 1.82) is 0 Å². The zero-order chi connectivity index (χ0) is 16.8. The van der Waals surface area contributed by atoms with Crippen molar-refractivity contribution in [3.8, 4) is 5.75 Å². The molecule has 1 saturated heterocycles. The second-order valence-corrected chi connectivity index (χ2v) is 7.03. The van der Waals surface area contributed by atoms with Crippen molar-refractivity contribution in [2.24, 2.45) is 0 Å². The predicted molar refractivity (Wildman–Crippen MR) is 94.5 cm³/mol. The second kappa shape index (κ2) is 8.52. The van der Waals surface area contributed by atoms with Crippen LogP contribution in [-0.2, 0) is 4.74 Å². The summed E-state index contributed by atoms with van der Waals surface area (Å²) in [5.41, 5.74) is 0.742. The van der Waals surface area contributed by atoms with Crippen LogP contribution in [0, 0.1) is 0 Å². The zero-order valence-corrected chi connectivity index (χ0v) is 14.7. The summed E-state index contributed by atoms with van der Waals surface area (Å²) in [6.07, 6.45) is 9.74. The van der Waals surface area contributed by atoms with E-state index >= 15 is 0 Å². The smallest absolute Gasteiger partial charge is 0.253 e. The van der Waals surface area contributed by atoms with Gasteiger partial charge in [0.15, 0.2) is 0 Å². The molecule has 3 rings (SSSR count). The van der Waals surface area contributed by atoms with Gasteiger partial charge in [0.2, 0.25) is 0 Å². The van der Waals surface area contributed by atoms with E-state index in [4.69, 9.17) is 9.47 Å². The van der Waals surface area contributed by atoms with E-state index in [2.05, 4.69) is 0 Å². The summed E-state index contributed by atoms with van der Waals surface area (Å²) in [6, 6.07) is 7.92. The molecule has 0 aromatic heterocycles. The lowest BCUT2D eigenvalue weighted by Crippen LogP contribution is -2.36. The van der Waals surface area contributed by atoms with Gasteiger partial charge < -0.3 is 14.4 Å². The van der Waals surface area contributed by atoms with Gasteiger partial charge in [-0.3, -0.25) is 4.79 Å². The SMILES string of the molecule is CN(C(=O)c1ccc(OCC2CCCO2)cc1)C1CCCCCC1. The normalized spacial score (nSPS) is 22.1. The third-order valence-electron chi connectivity index (χ3n) is 5.25. The van der Waals surface area contributed by atoms with E-state index in [1.165, 1.54) is 25.7 Å². The molecule has 2 fully saturated rings. The highest BCUT2D eigenvalue weighted by atomic mass is 16.5. The molecule has 1 saturated carbocycles. The molecule has 1 heterocycles. The van der Waals surface area contributed by atoms with Crippen LogP contribution in [0.4, 0.5) is 0 Å². The van der Waals surface area contributed by atoms with Gasteiger partial charge in [0.25, 0.3) is 5.91 Å². The molecule has 2 aliphatic rings. The van der Waals surface area contributed by atoms with E-state index in [1.807, 2.05) is 36.2 Å². The fourth-order valence-electron chi connectivity index (χ4n) is 3.67. The molecular weight excluding hydrogens is 302 g/mol. The van der Waals surface area contributed by atoms with E-state index < -0.39 is 0 Å². The lowest BCUT2D eigenvalue weighted by Gasteiger charge is -2.27. The second-order valence-electron chi connectivity index (χ2n) is 7.03. The Kier molecular flexibility index (Phi) is 6.13. The summed E-state index contributed by atoms with van der Waals surface area (Å²) < 4.78 is 11.3. The van der Waals surface area contributed by atoms with Gasteiger partial charge in [0.1, 0.15) is 12.4 Å². The molecule has 132 valence electrons. The number of rotatable bonds is 5. The van der Waals surface area contributed by atoms with Crippen LogP contribution in [0.1, 0.15) is 61.7 Å². The predicted octanol–water partition coefficient (Wildman–Crippen LogP) is 4.04. The molecule has 1 aromatic rings. The fourth-order valence-corrected chi connectivity index (χ4v) is 3.67. The number of carbonyl (C=O) groups excluding carboxylic acids is 1. The Balaban J connectivity index is 1.54. The largest absolute Gasteiger partial charge is 0.491 e. The van der Waals surface area contributed by atoms with Crippen LogP contribution in [-0.4, -0.2) is 43.2 Å². The highest BCUT2D eigenvalue weighted by Crippen LogP contribution is 2.23. The first kappa shape index (κ1) is 17.3. The van der Waals surface area contributed by atoms with Crippen molar-refractivity contribution in [2.75, 3.05) is 20.3 Å². The number of hydrogen-bond donors (Lipinski definition) is 0. The molecule has 1 atom stereocenters. The van der Waals surface area contributed by atoms with Crippen LogP contribution in [0.2, 0.25) is 0 Å². The topological polar surface area (TPSA) is 38.8 Å². The van der Waals surface area contributed by atoms with Crippen molar-refractivity contribution in [2.45, 2.75) is 63.5 Å². The lowest BCUT2D eigenvalue weighted by molar-refractivity contribution is 0.0677. The van der Waals surface area contributed by atoms with Crippen molar-refractivity contribution in [3.63, 3.8) is 0 Å². The van der Waals surface area contributed by atoms with Crippen LogP contribution in [0.5, 0.6) is 5.75 Å². The third-order valence-corrected chi connectivity index (χ3v) is 5.25. The summed E-state index contributed by atoms with van der Waals surface area (Å²) in [5.74, 6) is 0.923.